The average molecular weight is 843 g/mol. The van der Waals surface area contributed by atoms with Crippen molar-refractivity contribution in [2.45, 2.75) is 89.6 Å². The molecule has 11 rings (SSSR count). The summed E-state index contributed by atoms with van der Waals surface area (Å²) < 4.78 is 4.85. The molecule has 7 aromatic rings. The minimum absolute atomic E-state index is 0.0859. The van der Waals surface area contributed by atoms with Gasteiger partial charge in [-0.15, -0.1) is 0 Å². The quantitative estimate of drug-likeness (QED) is 0.118. The van der Waals surface area contributed by atoms with Crippen molar-refractivity contribution in [1.29, 1.82) is 0 Å². The maximum absolute atomic E-state index is 14.7. The molecular formula is C51H54N8O4. The molecule has 2 saturated heterocycles. The number of methoxy groups -OCH3 is 1. The fraction of sp³-hybridized carbons (Fsp3) is 0.392. The lowest BCUT2D eigenvalue weighted by Gasteiger charge is -2.35. The first kappa shape index (κ1) is 39.6. The van der Waals surface area contributed by atoms with Gasteiger partial charge in [-0.1, -0.05) is 94.4 Å². The van der Waals surface area contributed by atoms with Crippen LogP contribution in [0.3, 0.4) is 0 Å². The van der Waals surface area contributed by atoms with Crippen LogP contribution < -0.4 is 5.32 Å². The van der Waals surface area contributed by atoms with Gasteiger partial charge in [0.2, 0.25) is 11.8 Å². The lowest BCUT2D eigenvalue weighted by atomic mass is 9.98. The molecule has 2 aromatic heterocycles. The molecule has 5 aromatic carbocycles. The third kappa shape index (κ3) is 6.63. The molecule has 63 heavy (non-hydrogen) atoms. The van der Waals surface area contributed by atoms with Crippen LogP contribution in [0, 0.1) is 17.8 Å². The maximum Gasteiger partial charge on any atom is 0.407 e. The lowest BCUT2D eigenvalue weighted by molar-refractivity contribution is -0.139. The van der Waals surface area contributed by atoms with E-state index in [1.165, 1.54) is 7.11 Å². The number of ether oxygens (including phenoxy) is 1. The number of likely N-dealkylation sites (tertiary alicyclic amines) is 2. The van der Waals surface area contributed by atoms with Crippen LogP contribution in [-0.2, 0) is 14.3 Å². The third-order valence-corrected chi connectivity index (χ3v) is 14.6. The predicted octanol–water partition coefficient (Wildman–Crippen LogP) is 9.20. The first-order chi connectivity index (χ1) is 30.6. The molecule has 2 aliphatic heterocycles. The first-order valence-electron chi connectivity index (χ1n) is 22.8. The smallest absolute Gasteiger partial charge is 0.407 e. The van der Waals surface area contributed by atoms with Gasteiger partial charge < -0.3 is 29.8 Å². The van der Waals surface area contributed by atoms with Gasteiger partial charge in [0, 0.05) is 22.9 Å². The van der Waals surface area contributed by atoms with E-state index >= 15 is 0 Å². The Hall–Kier alpha value is -6.27. The van der Waals surface area contributed by atoms with Crippen LogP contribution in [0.4, 0.5) is 4.79 Å². The zero-order valence-corrected chi connectivity index (χ0v) is 36.5. The van der Waals surface area contributed by atoms with E-state index in [-0.39, 0.29) is 47.9 Å². The molecule has 4 fully saturated rings. The van der Waals surface area contributed by atoms with Crippen molar-refractivity contribution in [2.24, 2.45) is 17.8 Å². The molecule has 0 bridgehead atoms. The molecule has 12 nitrogen and oxygen atoms in total. The number of benzene rings is 5. The van der Waals surface area contributed by atoms with Gasteiger partial charge in [-0.3, -0.25) is 14.5 Å². The van der Waals surface area contributed by atoms with E-state index in [2.05, 4.69) is 112 Å². The summed E-state index contributed by atoms with van der Waals surface area (Å²) in [6, 6.07) is 31.0. The molecule has 3 amide bonds. The molecule has 3 N–H and O–H groups in total. The molecule has 322 valence electrons. The third-order valence-electron chi connectivity index (χ3n) is 14.6. The Morgan fingerprint density at radius 2 is 1.24 bits per heavy atom. The van der Waals surface area contributed by atoms with Gasteiger partial charge in [-0.2, -0.15) is 0 Å². The molecule has 12 heteroatoms. The number of aromatic nitrogens is 4. The summed E-state index contributed by atoms with van der Waals surface area (Å²) in [4.78, 5) is 64.9. The highest BCUT2D eigenvalue weighted by molar-refractivity contribution is 6.07. The van der Waals surface area contributed by atoms with Crippen molar-refractivity contribution in [3.05, 3.63) is 108 Å². The van der Waals surface area contributed by atoms with Gasteiger partial charge in [0.1, 0.15) is 23.7 Å². The fourth-order valence-electron chi connectivity index (χ4n) is 11.1. The molecule has 0 radical (unpaired) electrons. The second-order valence-corrected chi connectivity index (χ2v) is 18.6. The summed E-state index contributed by atoms with van der Waals surface area (Å²) in [6.07, 6.45) is 3.22. The number of imidazole rings is 2. The van der Waals surface area contributed by atoms with Gasteiger partial charge in [-0.25, -0.2) is 14.8 Å². The number of carbonyl (C=O) groups is 3. The standard InChI is InChI=1S/C51H54N8O4/c1-6-57(7-2)46(28-11-9-8-10-12-28)50(61)59-40-24-34(40)26-42(59)48-53-38-20-16-32-22-30(14-18-36(32)45(38)55-48)29-13-17-35-31(21-29)15-19-37-44(35)54-47(52-37)41-25-33-23-39(33)58(41)49(60)43(27(3)4)56-51(62)63-5/h8-22,27,33-34,39-43,46H,6-7,23-26H2,1-5H3,(H,52,54)(H,53,55)(H,56,62)/t33-,34-,39-,40-,41+,42+,43+,46-/m1/s1. The molecule has 8 atom stereocenters. The van der Waals surface area contributed by atoms with E-state index in [0.717, 1.165) is 111 Å². The van der Waals surface area contributed by atoms with Crippen LogP contribution in [-0.4, -0.2) is 90.9 Å². The highest BCUT2D eigenvalue weighted by Gasteiger charge is 2.57. The number of H-pyrrole nitrogens is 2. The number of hydrogen-bond acceptors (Lipinski definition) is 7. The van der Waals surface area contributed by atoms with Gasteiger partial charge in [0.05, 0.1) is 41.3 Å². The van der Waals surface area contributed by atoms with E-state index in [4.69, 9.17) is 14.7 Å². The molecule has 4 heterocycles. The molecule has 0 unspecified atom stereocenters. The van der Waals surface area contributed by atoms with Crippen LogP contribution in [0.5, 0.6) is 0 Å². The normalized spacial score (nSPS) is 23.5. The Morgan fingerprint density at radius 3 is 1.73 bits per heavy atom. The van der Waals surface area contributed by atoms with Gasteiger partial charge in [0.25, 0.3) is 0 Å². The predicted molar refractivity (Wildman–Crippen MR) is 245 cm³/mol. The summed E-state index contributed by atoms with van der Waals surface area (Å²) in [5, 5.41) is 7.08. The van der Waals surface area contributed by atoms with Gasteiger partial charge >= 0.3 is 6.09 Å². The summed E-state index contributed by atoms with van der Waals surface area (Å²) in [6.45, 7) is 9.74. The molecule has 2 aliphatic carbocycles. The average Bonchev–Trinajstić information content (AvgIpc) is 3.95. The van der Waals surface area contributed by atoms with E-state index in [0.29, 0.717) is 11.8 Å². The Balaban J connectivity index is 0.869. The SMILES string of the molecule is CCN(CC)[C@@H](C(=O)N1[C@@H]2C[C@@H]2C[C@H]1c1nc2c(ccc3cc(-c4ccc5c(ccc6[nH]c([C@@H]7C[C@H]8C[C@H]8N7C(=O)[C@@H](NC(=O)OC)C(C)C)nc65)c4)ccc32)[nH]1)c1ccccc1. The molecule has 4 aliphatic rings. The van der Waals surface area contributed by atoms with Crippen molar-refractivity contribution in [2.75, 3.05) is 20.2 Å². The van der Waals surface area contributed by atoms with Crippen molar-refractivity contribution in [3.63, 3.8) is 0 Å². The van der Waals surface area contributed by atoms with Crippen LogP contribution in [0.1, 0.15) is 88.7 Å². The number of likely N-dealkylation sites (N-methyl/N-ethyl adjacent to an activating group) is 1. The second kappa shape index (κ2) is 15.2. The second-order valence-electron chi connectivity index (χ2n) is 18.6. The maximum atomic E-state index is 14.7. The minimum Gasteiger partial charge on any atom is -0.453 e. The fourth-order valence-corrected chi connectivity index (χ4v) is 11.1. The number of carbonyl (C=O) groups excluding carboxylic acids is 3. The Kier molecular flexibility index (Phi) is 9.56. The van der Waals surface area contributed by atoms with Gasteiger partial charge in [0.15, 0.2) is 0 Å². The molecular weight excluding hydrogens is 789 g/mol. The monoisotopic (exact) mass is 842 g/mol. The number of fused-ring (bicyclic) bond motifs is 8. The van der Waals surface area contributed by atoms with Crippen LogP contribution in [0.15, 0.2) is 91.0 Å². The zero-order valence-electron chi connectivity index (χ0n) is 36.5. The van der Waals surface area contributed by atoms with E-state index < -0.39 is 12.1 Å². The lowest BCUT2D eigenvalue weighted by Crippen LogP contribution is -2.52. The number of nitrogens with zero attached hydrogens (tertiary/aromatic N) is 5. The van der Waals surface area contributed by atoms with Crippen molar-refractivity contribution in [1.82, 2.24) is 40.0 Å². The number of alkyl carbamates (subject to hydrolysis) is 1. The molecule has 0 spiro atoms. The minimum atomic E-state index is -0.678. The Labute approximate surface area is 366 Å². The number of amides is 3. The highest BCUT2D eigenvalue weighted by atomic mass is 16.5. The number of hydrogen-bond donors (Lipinski definition) is 3. The topological polar surface area (TPSA) is 140 Å². The van der Waals surface area contributed by atoms with E-state index in [9.17, 15) is 14.4 Å². The van der Waals surface area contributed by atoms with Crippen molar-refractivity contribution in [3.8, 4) is 11.1 Å². The number of rotatable bonds is 11. The van der Waals surface area contributed by atoms with Crippen molar-refractivity contribution < 1.29 is 19.1 Å². The largest absolute Gasteiger partial charge is 0.453 e. The first-order valence-corrected chi connectivity index (χ1v) is 22.8. The van der Waals surface area contributed by atoms with Crippen LogP contribution >= 0.6 is 0 Å². The summed E-state index contributed by atoms with van der Waals surface area (Å²) in [5.41, 5.74) is 6.98. The summed E-state index contributed by atoms with van der Waals surface area (Å²) in [5.74, 6) is 2.61. The molecule has 2 saturated carbocycles. The van der Waals surface area contributed by atoms with Crippen molar-refractivity contribution >= 4 is 61.5 Å². The number of aromatic amines is 2. The number of piperidine rings is 2. The zero-order chi connectivity index (χ0) is 43.3. The van der Waals surface area contributed by atoms with E-state index in [1.807, 2.05) is 36.9 Å². The highest BCUT2D eigenvalue weighted by Crippen LogP contribution is 2.55. The van der Waals surface area contributed by atoms with Crippen LogP contribution in [0.2, 0.25) is 0 Å². The van der Waals surface area contributed by atoms with Gasteiger partial charge in [-0.05, 0) is 108 Å². The summed E-state index contributed by atoms with van der Waals surface area (Å²) in [7, 11) is 1.32. The summed E-state index contributed by atoms with van der Waals surface area (Å²) >= 11 is 0. The Bertz CT molecular complexity index is 2940. The number of nitrogens with one attached hydrogen (secondary N) is 3. The Morgan fingerprint density at radius 1 is 0.714 bits per heavy atom. The van der Waals surface area contributed by atoms with Crippen LogP contribution in [0.25, 0.3) is 54.7 Å². The van der Waals surface area contributed by atoms with E-state index in [1.54, 1.807) is 0 Å².